The van der Waals surface area contributed by atoms with Crippen LogP contribution in [0.5, 0.6) is 0 Å². The first-order valence-corrected chi connectivity index (χ1v) is 9.21. The van der Waals surface area contributed by atoms with Crippen LogP contribution >= 0.6 is 0 Å². The summed E-state index contributed by atoms with van der Waals surface area (Å²) in [4.78, 5) is 2.53. The van der Waals surface area contributed by atoms with Crippen molar-refractivity contribution >= 4 is 10.8 Å². The van der Waals surface area contributed by atoms with Crippen molar-refractivity contribution in [2.75, 3.05) is 7.05 Å². The standard InChI is InChI=1S/C24H29N/c1-24(2,3)25(4)23(18-17-19-11-6-5-7-12-19)22-16-10-14-20-13-8-9-15-21(20)22/h5-16,23H,17-18H2,1-4H3. The van der Waals surface area contributed by atoms with Crippen molar-refractivity contribution in [3.05, 3.63) is 83.9 Å². The van der Waals surface area contributed by atoms with Crippen molar-refractivity contribution in [1.82, 2.24) is 4.90 Å². The lowest BCUT2D eigenvalue weighted by Crippen LogP contribution is -2.41. The Hall–Kier alpha value is -2.12. The number of fused-ring (bicyclic) bond motifs is 1. The predicted octanol–water partition coefficient (Wildman–Crippen LogP) is 6.24. The summed E-state index contributed by atoms with van der Waals surface area (Å²) in [6, 6.07) is 26.7. The molecule has 25 heavy (non-hydrogen) atoms. The van der Waals surface area contributed by atoms with Gasteiger partial charge >= 0.3 is 0 Å². The summed E-state index contributed by atoms with van der Waals surface area (Å²) in [5.41, 5.74) is 2.97. The van der Waals surface area contributed by atoms with Crippen LogP contribution in [0.3, 0.4) is 0 Å². The molecule has 0 saturated heterocycles. The summed E-state index contributed by atoms with van der Waals surface area (Å²) in [6.45, 7) is 6.90. The molecule has 0 aliphatic rings. The minimum atomic E-state index is 0.123. The Kier molecular flexibility index (Phi) is 5.24. The molecule has 0 spiro atoms. The molecule has 1 nitrogen and oxygen atoms in total. The fourth-order valence-electron chi connectivity index (χ4n) is 3.51. The molecule has 3 aromatic carbocycles. The van der Waals surface area contributed by atoms with Gasteiger partial charge in [-0.15, -0.1) is 0 Å². The number of rotatable bonds is 5. The summed E-state index contributed by atoms with van der Waals surface area (Å²) in [5, 5.41) is 2.70. The van der Waals surface area contributed by atoms with E-state index in [4.69, 9.17) is 0 Å². The van der Waals surface area contributed by atoms with Gasteiger partial charge in [0.05, 0.1) is 0 Å². The fourth-order valence-corrected chi connectivity index (χ4v) is 3.51. The van der Waals surface area contributed by atoms with Gasteiger partial charge in [-0.2, -0.15) is 0 Å². The van der Waals surface area contributed by atoms with Gasteiger partial charge in [-0.05, 0) is 62.6 Å². The highest BCUT2D eigenvalue weighted by Gasteiger charge is 2.27. The molecular weight excluding hydrogens is 302 g/mol. The van der Waals surface area contributed by atoms with Crippen LogP contribution in [0.1, 0.15) is 44.4 Å². The third-order valence-electron chi connectivity index (χ3n) is 5.26. The first-order chi connectivity index (χ1) is 12.0. The van der Waals surface area contributed by atoms with E-state index in [0.717, 1.165) is 12.8 Å². The summed E-state index contributed by atoms with van der Waals surface area (Å²) < 4.78 is 0. The van der Waals surface area contributed by atoms with Gasteiger partial charge in [0.25, 0.3) is 0 Å². The Morgan fingerprint density at radius 3 is 2.16 bits per heavy atom. The van der Waals surface area contributed by atoms with Gasteiger partial charge in [0.1, 0.15) is 0 Å². The summed E-state index contributed by atoms with van der Waals surface area (Å²) in [5.74, 6) is 0. The second kappa shape index (κ2) is 7.41. The van der Waals surface area contributed by atoms with E-state index in [1.54, 1.807) is 0 Å². The molecule has 0 bridgehead atoms. The highest BCUT2D eigenvalue weighted by atomic mass is 15.2. The van der Waals surface area contributed by atoms with Crippen molar-refractivity contribution in [2.24, 2.45) is 0 Å². The minimum absolute atomic E-state index is 0.123. The second-order valence-electron chi connectivity index (χ2n) is 7.89. The molecule has 3 aromatic rings. The number of benzene rings is 3. The van der Waals surface area contributed by atoms with Crippen molar-refractivity contribution in [2.45, 2.75) is 45.2 Å². The van der Waals surface area contributed by atoms with Crippen LogP contribution in [-0.4, -0.2) is 17.5 Å². The van der Waals surface area contributed by atoms with Gasteiger partial charge < -0.3 is 0 Å². The largest absolute Gasteiger partial charge is 0.294 e. The van der Waals surface area contributed by atoms with E-state index in [1.807, 2.05) is 0 Å². The monoisotopic (exact) mass is 331 g/mol. The van der Waals surface area contributed by atoms with Gasteiger partial charge in [0.15, 0.2) is 0 Å². The molecule has 3 rings (SSSR count). The maximum absolute atomic E-state index is 2.53. The Morgan fingerprint density at radius 2 is 1.44 bits per heavy atom. The van der Waals surface area contributed by atoms with E-state index in [9.17, 15) is 0 Å². The van der Waals surface area contributed by atoms with Crippen molar-refractivity contribution in [3.63, 3.8) is 0 Å². The third-order valence-corrected chi connectivity index (χ3v) is 5.26. The minimum Gasteiger partial charge on any atom is -0.294 e. The number of aryl methyl sites for hydroxylation is 1. The van der Waals surface area contributed by atoms with Crippen LogP contribution in [-0.2, 0) is 6.42 Å². The van der Waals surface area contributed by atoms with Gasteiger partial charge in [-0.1, -0.05) is 72.8 Å². The first-order valence-electron chi connectivity index (χ1n) is 9.21. The fraction of sp³-hybridized carbons (Fsp3) is 0.333. The van der Waals surface area contributed by atoms with Gasteiger partial charge in [0, 0.05) is 11.6 Å². The number of nitrogens with zero attached hydrogens (tertiary/aromatic N) is 1. The SMILES string of the molecule is CN(C(CCc1ccccc1)c1cccc2ccccc12)C(C)(C)C. The zero-order valence-corrected chi connectivity index (χ0v) is 15.9. The van der Waals surface area contributed by atoms with E-state index in [0.29, 0.717) is 6.04 Å². The van der Waals surface area contributed by atoms with Crippen molar-refractivity contribution in [3.8, 4) is 0 Å². The van der Waals surface area contributed by atoms with Crippen LogP contribution in [0.2, 0.25) is 0 Å². The average Bonchev–Trinajstić information content (AvgIpc) is 2.62. The smallest absolute Gasteiger partial charge is 0.0359 e. The number of hydrogen-bond acceptors (Lipinski definition) is 1. The van der Waals surface area contributed by atoms with Crippen LogP contribution in [0.15, 0.2) is 72.8 Å². The zero-order chi connectivity index (χ0) is 17.9. The van der Waals surface area contributed by atoms with E-state index in [-0.39, 0.29) is 5.54 Å². The van der Waals surface area contributed by atoms with Crippen LogP contribution < -0.4 is 0 Å². The van der Waals surface area contributed by atoms with E-state index in [2.05, 4.69) is 106 Å². The normalized spacial score (nSPS) is 13.3. The lowest BCUT2D eigenvalue weighted by atomic mass is 9.90. The van der Waals surface area contributed by atoms with Gasteiger partial charge in [-0.3, -0.25) is 4.90 Å². The zero-order valence-electron chi connectivity index (χ0n) is 15.9. The third kappa shape index (κ3) is 4.11. The lowest BCUT2D eigenvalue weighted by Gasteiger charge is -2.39. The van der Waals surface area contributed by atoms with Crippen molar-refractivity contribution < 1.29 is 0 Å². The summed E-state index contributed by atoms with van der Waals surface area (Å²) in [7, 11) is 2.26. The molecule has 130 valence electrons. The quantitative estimate of drug-likeness (QED) is 0.534. The van der Waals surface area contributed by atoms with Crippen LogP contribution in [0.25, 0.3) is 10.8 Å². The van der Waals surface area contributed by atoms with Crippen LogP contribution in [0, 0.1) is 0 Å². The Balaban J connectivity index is 1.98. The maximum Gasteiger partial charge on any atom is 0.0359 e. The molecule has 0 aliphatic heterocycles. The number of hydrogen-bond donors (Lipinski definition) is 0. The molecule has 1 atom stereocenters. The highest BCUT2D eigenvalue weighted by Crippen LogP contribution is 2.34. The van der Waals surface area contributed by atoms with Gasteiger partial charge in [0.2, 0.25) is 0 Å². The topological polar surface area (TPSA) is 3.24 Å². The van der Waals surface area contributed by atoms with Gasteiger partial charge in [-0.25, -0.2) is 0 Å². The molecule has 0 fully saturated rings. The van der Waals surface area contributed by atoms with E-state index in [1.165, 1.54) is 21.9 Å². The Morgan fingerprint density at radius 1 is 0.800 bits per heavy atom. The lowest BCUT2D eigenvalue weighted by molar-refractivity contribution is 0.111. The average molecular weight is 332 g/mol. The molecule has 0 heterocycles. The molecule has 1 unspecified atom stereocenters. The van der Waals surface area contributed by atoms with E-state index >= 15 is 0 Å². The first kappa shape index (κ1) is 17.7. The van der Waals surface area contributed by atoms with E-state index < -0.39 is 0 Å². The highest BCUT2D eigenvalue weighted by molar-refractivity contribution is 5.86. The Labute approximate surface area is 152 Å². The molecule has 0 amide bonds. The molecular formula is C24H29N. The Bertz CT molecular complexity index is 809. The maximum atomic E-state index is 2.53. The summed E-state index contributed by atoms with van der Waals surface area (Å²) in [6.07, 6.45) is 2.21. The summed E-state index contributed by atoms with van der Waals surface area (Å²) >= 11 is 0. The molecule has 0 aromatic heterocycles. The molecule has 1 heteroatoms. The molecule has 0 saturated carbocycles. The molecule has 0 radical (unpaired) electrons. The predicted molar refractivity (Wildman–Crippen MR) is 109 cm³/mol. The second-order valence-corrected chi connectivity index (χ2v) is 7.89. The molecule has 0 aliphatic carbocycles. The van der Waals surface area contributed by atoms with Crippen molar-refractivity contribution in [1.29, 1.82) is 0 Å². The molecule has 0 N–H and O–H groups in total. The van der Waals surface area contributed by atoms with Crippen LogP contribution in [0.4, 0.5) is 0 Å².